The van der Waals surface area contributed by atoms with Crippen LogP contribution in [0, 0.1) is 5.92 Å². The molecule has 0 spiro atoms. The van der Waals surface area contributed by atoms with Gasteiger partial charge in [0.1, 0.15) is 5.78 Å². The lowest BCUT2D eigenvalue weighted by molar-refractivity contribution is -0.130. The zero-order chi connectivity index (χ0) is 11.7. The first-order chi connectivity index (χ1) is 8.27. The number of ketones is 1. The van der Waals surface area contributed by atoms with Crippen molar-refractivity contribution in [3.63, 3.8) is 0 Å². The van der Waals surface area contributed by atoms with Crippen molar-refractivity contribution in [1.82, 2.24) is 5.32 Å². The molecule has 3 aliphatic rings. The van der Waals surface area contributed by atoms with Crippen molar-refractivity contribution >= 4 is 5.78 Å². The third-order valence-corrected chi connectivity index (χ3v) is 4.40. The van der Waals surface area contributed by atoms with Crippen LogP contribution in [-0.4, -0.2) is 17.9 Å². The lowest BCUT2D eigenvalue weighted by atomic mass is 9.69. The minimum atomic E-state index is 0.113. The van der Waals surface area contributed by atoms with Gasteiger partial charge in [0.15, 0.2) is 0 Å². The highest BCUT2D eigenvalue weighted by Gasteiger charge is 2.44. The standard InChI is InChI=1S/C15H19NO/c17-14-10-15(9-7-13(14)11-16-15)8-6-12-4-2-1-3-5-12/h1-5,13,16H,6-11H2. The van der Waals surface area contributed by atoms with Gasteiger partial charge in [0.2, 0.25) is 0 Å². The van der Waals surface area contributed by atoms with E-state index in [0.29, 0.717) is 11.7 Å². The predicted octanol–water partition coefficient (Wildman–Crippen LogP) is 2.33. The average molecular weight is 229 g/mol. The monoisotopic (exact) mass is 229 g/mol. The van der Waals surface area contributed by atoms with Gasteiger partial charge in [-0.15, -0.1) is 0 Å². The van der Waals surface area contributed by atoms with E-state index in [4.69, 9.17) is 0 Å². The van der Waals surface area contributed by atoms with Crippen LogP contribution in [0.25, 0.3) is 0 Å². The van der Waals surface area contributed by atoms with Gasteiger partial charge in [-0.25, -0.2) is 0 Å². The molecule has 3 fully saturated rings. The second-order valence-electron chi connectivity index (χ2n) is 5.53. The molecule has 2 nitrogen and oxygen atoms in total. The largest absolute Gasteiger partial charge is 0.310 e. The fraction of sp³-hybridized carbons (Fsp3) is 0.533. The van der Waals surface area contributed by atoms with E-state index in [2.05, 4.69) is 35.6 Å². The van der Waals surface area contributed by atoms with Crippen LogP contribution in [0.5, 0.6) is 0 Å². The van der Waals surface area contributed by atoms with Crippen molar-refractivity contribution in [2.24, 2.45) is 5.92 Å². The maximum absolute atomic E-state index is 11.8. The van der Waals surface area contributed by atoms with Gasteiger partial charge in [0.25, 0.3) is 0 Å². The highest BCUT2D eigenvalue weighted by Crippen LogP contribution is 2.37. The zero-order valence-corrected chi connectivity index (χ0v) is 10.1. The quantitative estimate of drug-likeness (QED) is 0.862. The summed E-state index contributed by atoms with van der Waals surface area (Å²) in [7, 11) is 0. The first kappa shape index (κ1) is 11.0. The van der Waals surface area contributed by atoms with Crippen LogP contribution in [0.1, 0.15) is 31.2 Å². The predicted molar refractivity (Wildman–Crippen MR) is 67.8 cm³/mol. The Morgan fingerprint density at radius 2 is 2.12 bits per heavy atom. The van der Waals surface area contributed by atoms with E-state index in [1.54, 1.807) is 0 Å². The minimum absolute atomic E-state index is 0.113. The Hall–Kier alpha value is -1.15. The third kappa shape index (κ3) is 2.14. The van der Waals surface area contributed by atoms with Crippen LogP contribution in [-0.2, 0) is 11.2 Å². The molecular formula is C15H19NO. The molecule has 2 aliphatic heterocycles. The van der Waals surface area contributed by atoms with Crippen molar-refractivity contribution < 1.29 is 4.79 Å². The Bertz CT molecular complexity index is 404. The number of benzene rings is 1. The molecule has 0 radical (unpaired) electrons. The van der Waals surface area contributed by atoms with Crippen molar-refractivity contribution in [2.75, 3.05) is 6.54 Å². The van der Waals surface area contributed by atoms with E-state index in [0.717, 1.165) is 32.2 Å². The van der Waals surface area contributed by atoms with Crippen molar-refractivity contribution in [3.8, 4) is 0 Å². The highest BCUT2D eigenvalue weighted by molar-refractivity contribution is 5.84. The summed E-state index contributed by atoms with van der Waals surface area (Å²) in [4.78, 5) is 11.8. The number of fused-ring (bicyclic) bond motifs is 3. The summed E-state index contributed by atoms with van der Waals surface area (Å²) in [5, 5.41) is 3.61. The Balaban J connectivity index is 1.66. The molecule has 2 unspecified atom stereocenters. The maximum Gasteiger partial charge on any atom is 0.139 e. The molecule has 1 saturated carbocycles. The summed E-state index contributed by atoms with van der Waals surface area (Å²) in [5.41, 5.74) is 1.49. The molecule has 2 heterocycles. The lowest BCUT2D eigenvalue weighted by Crippen LogP contribution is -2.59. The SMILES string of the molecule is O=C1CC2(CCc3ccccc3)CCC1CN2. The Morgan fingerprint density at radius 3 is 2.76 bits per heavy atom. The van der Waals surface area contributed by atoms with Crippen molar-refractivity contribution in [3.05, 3.63) is 35.9 Å². The molecule has 90 valence electrons. The molecule has 17 heavy (non-hydrogen) atoms. The summed E-state index contributed by atoms with van der Waals surface area (Å²) in [6.45, 7) is 0.910. The number of piperidine rings is 2. The van der Waals surface area contributed by atoms with E-state index >= 15 is 0 Å². The number of hydrogen-bond donors (Lipinski definition) is 1. The van der Waals surface area contributed by atoms with E-state index in [9.17, 15) is 4.79 Å². The number of hydrogen-bond acceptors (Lipinski definition) is 2. The molecule has 1 N–H and O–H groups in total. The third-order valence-electron chi connectivity index (χ3n) is 4.40. The Kier molecular flexibility index (Phi) is 2.75. The lowest BCUT2D eigenvalue weighted by Gasteiger charge is -2.46. The van der Waals surface area contributed by atoms with E-state index < -0.39 is 0 Å². The normalized spacial score (nSPS) is 31.8. The van der Waals surface area contributed by atoms with Crippen LogP contribution < -0.4 is 5.32 Å². The smallest absolute Gasteiger partial charge is 0.139 e. The first-order valence-electron chi connectivity index (χ1n) is 6.59. The molecule has 2 saturated heterocycles. The molecule has 4 rings (SSSR count). The van der Waals surface area contributed by atoms with E-state index in [-0.39, 0.29) is 5.54 Å². The van der Waals surface area contributed by atoms with Crippen LogP contribution in [0.2, 0.25) is 0 Å². The number of rotatable bonds is 3. The van der Waals surface area contributed by atoms with E-state index in [1.807, 2.05) is 0 Å². The van der Waals surface area contributed by atoms with Gasteiger partial charge in [-0.2, -0.15) is 0 Å². The number of nitrogens with one attached hydrogen (secondary N) is 1. The molecule has 0 aromatic heterocycles. The molecule has 2 heteroatoms. The van der Waals surface area contributed by atoms with Gasteiger partial charge in [-0.05, 0) is 31.2 Å². The first-order valence-corrected chi connectivity index (χ1v) is 6.59. The molecule has 1 aromatic rings. The van der Waals surface area contributed by atoms with Gasteiger partial charge in [0, 0.05) is 24.4 Å². The molecule has 1 aliphatic carbocycles. The fourth-order valence-electron chi connectivity index (χ4n) is 3.21. The minimum Gasteiger partial charge on any atom is -0.310 e. The van der Waals surface area contributed by atoms with Crippen LogP contribution in [0.3, 0.4) is 0 Å². The maximum atomic E-state index is 11.8. The zero-order valence-electron chi connectivity index (χ0n) is 10.1. The average Bonchev–Trinajstić information content (AvgIpc) is 2.39. The van der Waals surface area contributed by atoms with Gasteiger partial charge >= 0.3 is 0 Å². The Morgan fingerprint density at radius 1 is 1.29 bits per heavy atom. The fourth-order valence-corrected chi connectivity index (χ4v) is 3.21. The summed E-state index contributed by atoms with van der Waals surface area (Å²) in [5.74, 6) is 0.802. The van der Waals surface area contributed by atoms with Crippen molar-refractivity contribution in [2.45, 2.75) is 37.6 Å². The van der Waals surface area contributed by atoms with Crippen molar-refractivity contribution in [1.29, 1.82) is 0 Å². The van der Waals surface area contributed by atoms with Crippen LogP contribution >= 0.6 is 0 Å². The van der Waals surface area contributed by atoms with Gasteiger partial charge in [-0.3, -0.25) is 4.79 Å². The molecule has 2 atom stereocenters. The molecule has 0 amide bonds. The van der Waals surface area contributed by atoms with Crippen LogP contribution in [0.15, 0.2) is 30.3 Å². The molecule has 2 bridgehead atoms. The van der Waals surface area contributed by atoms with Gasteiger partial charge < -0.3 is 5.32 Å². The van der Waals surface area contributed by atoms with Gasteiger partial charge in [0.05, 0.1) is 0 Å². The number of aryl methyl sites for hydroxylation is 1. The summed E-state index contributed by atoms with van der Waals surface area (Å²) in [6, 6.07) is 10.6. The van der Waals surface area contributed by atoms with Crippen LogP contribution in [0.4, 0.5) is 0 Å². The number of Topliss-reactive ketones (excluding diaryl/α,β-unsaturated/α-hetero) is 1. The topological polar surface area (TPSA) is 29.1 Å². The van der Waals surface area contributed by atoms with Gasteiger partial charge in [-0.1, -0.05) is 30.3 Å². The second-order valence-corrected chi connectivity index (χ2v) is 5.53. The summed E-state index contributed by atoms with van der Waals surface area (Å²) >= 11 is 0. The highest BCUT2D eigenvalue weighted by atomic mass is 16.1. The van der Waals surface area contributed by atoms with E-state index in [1.165, 1.54) is 12.0 Å². The summed E-state index contributed by atoms with van der Waals surface area (Å²) in [6.07, 6.45) is 5.20. The summed E-state index contributed by atoms with van der Waals surface area (Å²) < 4.78 is 0. The molecular weight excluding hydrogens is 210 g/mol. The second kappa shape index (κ2) is 4.26. The molecule has 1 aromatic carbocycles. The number of carbonyl (C=O) groups excluding carboxylic acids is 1. The number of carbonyl (C=O) groups is 1. The Labute approximate surface area is 102 Å².